The number of hydrogen-bond donors (Lipinski definition) is 1. The van der Waals surface area contributed by atoms with E-state index in [-0.39, 0.29) is 31.0 Å². The van der Waals surface area contributed by atoms with Crippen LogP contribution >= 0.6 is 0 Å². The highest BCUT2D eigenvalue weighted by atomic mass is 16.5. The van der Waals surface area contributed by atoms with E-state index in [0.29, 0.717) is 42.3 Å². The zero-order valence-corrected chi connectivity index (χ0v) is 21.3. The third kappa shape index (κ3) is 5.86. The number of para-hydroxylation sites is 1. The molecule has 1 aliphatic heterocycles. The van der Waals surface area contributed by atoms with Crippen molar-refractivity contribution in [1.29, 1.82) is 0 Å². The highest BCUT2D eigenvalue weighted by Gasteiger charge is 2.33. The Labute approximate surface area is 220 Å². The average Bonchev–Trinajstić information content (AvgIpc) is 3.71. The molecule has 0 radical (unpaired) electrons. The van der Waals surface area contributed by atoms with Crippen LogP contribution in [0.25, 0.3) is 11.0 Å². The Morgan fingerprint density at radius 2 is 2.00 bits per heavy atom. The van der Waals surface area contributed by atoms with Gasteiger partial charge in [0.05, 0.1) is 31.0 Å². The molecule has 0 saturated carbocycles. The zero-order chi connectivity index (χ0) is 26.3. The van der Waals surface area contributed by atoms with Gasteiger partial charge in [0, 0.05) is 13.2 Å². The van der Waals surface area contributed by atoms with Crippen LogP contribution in [-0.4, -0.2) is 57.6 Å². The van der Waals surface area contributed by atoms with Crippen LogP contribution in [0.3, 0.4) is 0 Å². The predicted octanol–water partition coefficient (Wildman–Crippen LogP) is 3.49. The quantitative estimate of drug-likeness (QED) is 0.324. The molecule has 0 aliphatic carbocycles. The molecule has 198 valence electrons. The van der Waals surface area contributed by atoms with Gasteiger partial charge in [-0.2, -0.15) is 0 Å². The number of furan rings is 1. The third-order valence-electron chi connectivity index (χ3n) is 6.53. The molecule has 2 aromatic heterocycles. The summed E-state index contributed by atoms with van der Waals surface area (Å²) in [6.07, 6.45) is 3.38. The fourth-order valence-corrected chi connectivity index (χ4v) is 4.65. The van der Waals surface area contributed by atoms with Crippen molar-refractivity contribution >= 4 is 22.8 Å². The van der Waals surface area contributed by atoms with Crippen molar-refractivity contribution in [1.82, 2.24) is 25.2 Å². The van der Waals surface area contributed by atoms with Crippen LogP contribution in [0.15, 0.2) is 71.3 Å². The molecule has 10 heteroatoms. The lowest BCUT2D eigenvalue weighted by atomic mass is 10.0. The van der Waals surface area contributed by atoms with Gasteiger partial charge in [0.2, 0.25) is 11.8 Å². The molecule has 1 fully saturated rings. The molecule has 1 aliphatic rings. The Hall–Kier alpha value is -4.18. The van der Waals surface area contributed by atoms with Crippen molar-refractivity contribution in [3.05, 3.63) is 78.3 Å². The molecule has 4 aromatic rings. The van der Waals surface area contributed by atoms with Crippen molar-refractivity contribution in [3.8, 4) is 5.75 Å². The summed E-state index contributed by atoms with van der Waals surface area (Å²) in [5.41, 5.74) is 2.08. The lowest BCUT2D eigenvalue weighted by Crippen LogP contribution is -2.46. The summed E-state index contributed by atoms with van der Waals surface area (Å²) in [7, 11) is 0. The number of hydrogen-bond acceptors (Lipinski definition) is 7. The number of aromatic nitrogens is 3. The molecular weight excluding hydrogens is 486 g/mol. The molecule has 3 heterocycles. The lowest BCUT2D eigenvalue weighted by molar-refractivity contribution is -0.142. The van der Waals surface area contributed by atoms with Gasteiger partial charge in [0.1, 0.15) is 29.6 Å². The molecule has 1 saturated heterocycles. The summed E-state index contributed by atoms with van der Waals surface area (Å²) >= 11 is 0. The molecule has 1 N–H and O–H groups in total. The topological polar surface area (TPSA) is 112 Å². The predicted molar refractivity (Wildman–Crippen MR) is 139 cm³/mol. The molecule has 2 atom stereocenters. The Kier molecular flexibility index (Phi) is 7.98. The second kappa shape index (κ2) is 11.9. The summed E-state index contributed by atoms with van der Waals surface area (Å²) in [6.45, 7) is 3.52. The number of ether oxygens (including phenoxy) is 2. The van der Waals surface area contributed by atoms with Crippen LogP contribution in [0.1, 0.15) is 37.1 Å². The van der Waals surface area contributed by atoms with E-state index in [2.05, 4.69) is 15.6 Å². The smallest absolute Gasteiger partial charge is 0.247 e. The SMILES string of the molecule is CCOc1ccc([C@H](C(=O)NC[C@@H]2CCCO2)N(Cc2ccco2)C(=O)Cn2nnc3ccccc32)cc1. The van der Waals surface area contributed by atoms with E-state index in [1.54, 1.807) is 35.2 Å². The summed E-state index contributed by atoms with van der Waals surface area (Å²) < 4.78 is 18.4. The maximum Gasteiger partial charge on any atom is 0.247 e. The molecular formula is C28H31N5O5. The maximum atomic E-state index is 13.9. The van der Waals surface area contributed by atoms with Crippen LogP contribution in [0, 0.1) is 0 Å². The number of benzene rings is 2. The van der Waals surface area contributed by atoms with Gasteiger partial charge >= 0.3 is 0 Å². The Morgan fingerprint density at radius 3 is 2.74 bits per heavy atom. The summed E-state index contributed by atoms with van der Waals surface area (Å²) in [5.74, 6) is 0.647. The second-order valence-electron chi connectivity index (χ2n) is 9.12. The molecule has 10 nitrogen and oxygen atoms in total. The first-order valence-electron chi connectivity index (χ1n) is 12.8. The van der Waals surface area contributed by atoms with Crippen molar-refractivity contribution in [2.45, 2.75) is 45.0 Å². The number of fused-ring (bicyclic) bond motifs is 1. The van der Waals surface area contributed by atoms with Gasteiger partial charge in [-0.25, -0.2) is 4.68 Å². The zero-order valence-electron chi connectivity index (χ0n) is 21.3. The molecule has 2 aromatic carbocycles. The van der Waals surface area contributed by atoms with Crippen LogP contribution in [0.2, 0.25) is 0 Å². The highest BCUT2D eigenvalue weighted by molar-refractivity contribution is 5.89. The van der Waals surface area contributed by atoms with Crippen LogP contribution in [0.4, 0.5) is 0 Å². The molecule has 0 unspecified atom stereocenters. The van der Waals surface area contributed by atoms with Crippen molar-refractivity contribution in [2.75, 3.05) is 19.8 Å². The van der Waals surface area contributed by atoms with Gasteiger partial charge < -0.3 is 24.1 Å². The van der Waals surface area contributed by atoms with Gasteiger partial charge in [-0.05, 0) is 61.7 Å². The fourth-order valence-electron chi connectivity index (χ4n) is 4.65. The minimum Gasteiger partial charge on any atom is -0.494 e. The highest BCUT2D eigenvalue weighted by Crippen LogP contribution is 2.27. The van der Waals surface area contributed by atoms with E-state index < -0.39 is 6.04 Å². The summed E-state index contributed by atoms with van der Waals surface area (Å²) in [4.78, 5) is 29.2. The van der Waals surface area contributed by atoms with Crippen molar-refractivity contribution in [2.24, 2.45) is 0 Å². The normalized spacial score (nSPS) is 15.9. The Balaban J connectivity index is 1.47. The third-order valence-corrected chi connectivity index (χ3v) is 6.53. The van der Waals surface area contributed by atoms with Crippen LogP contribution < -0.4 is 10.1 Å². The number of carbonyl (C=O) groups is 2. The molecule has 0 bridgehead atoms. The minimum atomic E-state index is -0.917. The average molecular weight is 518 g/mol. The largest absolute Gasteiger partial charge is 0.494 e. The summed E-state index contributed by atoms with van der Waals surface area (Å²) in [6, 6.07) is 17.3. The van der Waals surface area contributed by atoms with E-state index in [0.717, 1.165) is 18.4 Å². The van der Waals surface area contributed by atoms with Crippen LogP contribution in [0.5, 0.6) is 5.75 Å². The number of nitrogens with one attached hydrogen (secondary N) is 1. The van der Waals surface area contributed by atoms with Gasteiger partial charge in [0.15, 0.2) is 0 Å². The fraction of sp³-hybridized carbons (Fsp3) is 0.357. The van der Waals surface area contributed by atoms with E-state index in [1.807, 2.05) is 43.3 Å². The number of rotatable bonds is 11. The van der Waals surface area contributed by atoms with Crippen molar-refractivity contribution < 1.29 is 23.5 Å². The Bertz CT molecular complexity index is 1350. The maximum absolute atomic E-state index is 13.9. The van der Waals surface area contributed by atoms with Gasteiger partial charge in [0.25, 0.3) is 0 Å². The second-order valence-corrected chi connectivity index (χ2v) is 9.12. The number of carbonyl (C=O) groups excluding carboxylic acids is 2. The van der Waals surface area contributed by atoms with E-state index >= 15 is 0 Å². The molecule has 0 spiro atoms. The van der Waals surface area contributed by atoms with Crippen LogP contribution in [-0.2, 0) is 27.4 Å². The summed E-state index contributed by atoms with van der Waals surface area (Å²) in [5, 5.41) is 11.3. The number of amides is 2. The standard InChI is InChI=1S/C28H31N5O5/c1-2-36-21-13-11-20(12-14-21)27(28(35)29-17-22-7-5-15-37-22)32(18-23-8-6-16-38-23)26(34)19-33-25-10-4-3-9-24(25)30-31-33/h3-4,6,8-14,16,22,27H,2,5,7,15,17-19H2,1H3,(H,29,35)/t22-,27+/m0/s1. The van der Waals surface area contributed by atoms with E-state index in [4.69, 9.17) is 13.9 Å². The van der Waals surface area contributed by atoms with Crippen molar-refractivity contribution in [3.63, 3.8) is 0 Å². The van der Waals surface area contributed by atoms with E-state index in [1.165, 1.54) is 4.90 Å². The molecule has 2 amide bonds. The monoisotopic (exact) mass is 517 g/mol. The van der Waals surface area contributed by atoms with E-state index in [9.17, 15) is 9.59 Å². The Morgan fingerprint density at radius 1 is 1.16 bits per heavy atom. The molecule has 5 rings (SSSR count). The minimum absolute atomic E-state index is 0.0318. The first-order valence-corrected chi connectivity index (χ1v) is 12.8. The number of nitrogens with zero attached hydrogens (tertiary/aromatic N) is 4. The van der Waals surface area contributed by atoms with Gasteiger partial charge in [-0.3, -0.25) is 9.59 Å². The van der Waals surface area contributed by atoms with Gasteiger partial charge in [-0.15, -0.1) is 5.10 Å². The van der Waals surface area contributed by atoms with Gasteiger partial charge in [-0.1, -0.05) is 29.5 Å². The molecule has 38 heavy (non-hydrogen) atoms. The first kappa shape index (κ1) is 25.5. The first-order chi connectivity index (χ1) is 18.6. The lowest BCUT2D eigenvalue weighted by Gasteiger charge is -2.31.